The van der Waals surface area contributed by atoms with Gasteiger partial charge >= 0.3 is 0 Å². The van der Waals surface area contributed by atoms with Gasteiger partial charge in [0, 0.05) is 12.2 Å². The van der Waals surface area contributed by atoms with Crippen LogP contribution in [0.4, 0.5) is 5.69 Å². The smallest absolute Gasteiger partial charge is 0.250 e. The zero-order chi connectivity index (χ0) is 27.9. The summed E-state index contributed by atoms with van der Waals surface area (Å²) in [5, 5.41) is 16.5. The van der Waals surface area contributed by atoms with E-state index in [2.05, 4.69) is 10.6 Å². The maximum atomic E-state index is 14.4. The van der Waals surface area contributed by atoms with Crippen LogP contribution >= 0.6 is 0 Å². The first-order chi connectivity index (χ1) is 18.7. The zero-order valence-corrected chi connectivity index (χ0v) is 22.8. The molecule has 0 radical (unpaired) electrons. The summed E-state index contributed by atoms with van der Waals surface area (Å²) in [4.78, 5) is 43.6. The number of aliphatic hydroxyl groups is 1. The van der Waals surface area contributed by atoms with E-state index in [0.29, 0.717) is 30.0 Å². The van der Waals surface area contributed by atoms with Crippen molar-refractivity contribution < 1.29 is 29.0 Å². The molecule has 3 aliphatic heterocycles. The number of carbonyl (C=O) groups excluding carboxylic acids is 3. The molecule has 3 fully saturated rings. The van der Waals surface area contributed by atoms with Crippen molar-refractivity contribution in [1.82, 2.24) is 10.2 Å². The first-order valence-electron chi connectivity index (χ1n) is 13.6. The average molecular weight is 536 g/mol. The Kier molecular flexibility index (Phi) is 7.15. The van der Waals surface area contributed by atoms with Crippen molar-refractivity contribution in [2.45, 2.75) is 56.9 Å². The number of fused-ring (bicyclic) bond motifs is 1. The molecular weight excluding hydrogens is 498 g/mol. The maximum absolute atomic E-state index is 14.4. The van der Waals surface area contributed by atoms with Gasteiger partial charge in [-0.1, -0.05) is 44.2 Å². The van der Waals surface area contributed by atoms with E-state index < -0.39 is 41.0 Å². The predicted octanol–water partition coefficient (Wildman–Crippen LogP) is 2.90. The van der Waals surface area contributed by atoms with Gasteiger partial charge in [0.05, 0.1) is 37.2 Å². The van der Waals surface area contributed by atoms with E-state index in [1.807, 2.05) is 51.1 Å². The molecule has 2 bridgehead atoms. The molecule has 2 aromatic carbocycles. The SMILES string of the molecule is CCCNC(=O)[C@H]1[C@H]2C(=O)N([C@H](CO)c3ccccc3)C(C(=O)Nc3ccc(OC)cc3)C23CC(C)[C@]1(C)O3. The van der Waals surface area contributed by atoms with Gasteiger partial charge < -0.3 is 30.1 Å². The van der Waals surface area contributed by atoms with E-state index >= 15 is 0 Å². The number of anilines is 1. The summed E-state index contributed by atoms with van der Waals surface area (Å²) < 4.78 is 12.0. The van der Waals surface area contributed by atoms with Crippen LogP contribution in [0.5, 0.6) is 5.75 Å². The Morgan fingerprint density at radius 2 is 1.85 bits per heavy atom. The van der Waals surface area contributed by atoms with Gasteiger partial charge in [0.2, 0.25) is 17.7 Å². The second kappa shape index (κ2) is 10.3. The van der Waals surface area contributed by atoms with Crippen molar-refractivity contribution in [2.75, 3.05) is 25.6 Å². The normalized spacial score (nSPS) is 31.6. The van der Waals surface area contributed by atoms with Crippen LogP contribution in [-0.2, 0) is 19.1 Å². The molecule has 0 saturated carbocycles. The third kappa shape index (κ3) is 4.19. The molecule has 3 aliphatic rings. The van der Waals surface area contributed by atoms with Gasteiger partial charge in [0.15, 0.2) is 0 Å². The molecule has 3 N–H and O–H groups in total. The molecule has 0 aromatic heterocycles. The predicted molar refractivity (Wildman–Crippen MR) is 145 cm³/mol. The van der Waals surface area contributed by atoms with Crippen LogP contribution < -0.4 is 15.4 Å². The van der Waals surface area contributed by atoms with Crippen LogP contribution in [0.15, 0.2) is 54.6 Å². The molecule has 39 heavy (non-hydrogen) atoms. The summed E-state index contributed by atoms with van der Waals surface area (Å²) in [7, 11) is 1.57. The molecule has 3 heterocycles. The zero-order valence-electron chi connectivity index (χ0n) is 22.8. The number of amides is 3. The largest absolute Gasteiger partial charge is 0.497 e. The first-order valence-corrected chi connectivity index (χ1v) is 13.6. The van der Waals surface area contributed by atoms with Crippen LogP contribution in [-0.4, -0.2) is 65.2 Å². The Labute approximate surface area is 228 Å². The van der Waals surface area contributed by atoms with E-state index in [-0.39, 0.29) is 24.3 Å². The molecule has 3 saturated heterocycles. The summed E-state index contributed by atoms with van der Waals surface area (Å²) in [6.45, 7) is 5.97. The highest BCUT2D eigenvalue weighted by Crippen LogP contribution is 2.66. The second-order valence-electron chi connectivity index (χ2n) is 11.1. The fourth-order valence-corrected chi connectivity index (χ4v) is 6.98. The molecule has 3 amide bonds. The van der Waals surface area contributed by atoms with Crippen molar-refractivity contribution in [1.29, 1.82) is 0 Å². The number of hydrogen-bond donors (Lipinski definition) is 3. The molecule has 2 aromatic rings. The Balaban J connectivity index is 1.60. The number of likely N-dealkylation sites (tertiary alicyclic amines) is 1. The number of nitrogens with one attached hydrogen (secondary N) is 2. The molecule has 9 heteroatoms. The van der Waals surface area contributed by atoms with Gasteiger partial charge in [-0.3, -0.25) is 14.4 Å². The van der Waals surface area contributed by atoms with Crippen molar-refractivity contribution in [2.24, 2.45) is 17.8 Å². The van der Waals surface area contributed by atoms with Crippen molar-refractivity contribution in [3.05, 3.63) is 60.2 Å². The third-order valence-electron chi connectivity index (χ3n) is 8.88. The highest BCUT2D eigenvalue weighted by Gasteiger charge is 2.80. The standard InChI is InChI=1S/C30H37N3O6/c1-5-15-31-26(35)23-24-28(37)33(22(17-34)19-9-7-6-8-10-19)25(30(24)16-18(2)29(23,3)39-30)27(36)32-20-11-13-21(38-4)14-12-20/h6-14,18,22-25,34H,5,15-17H2,1-4H3,(H,31,35)(H,32,36)/t18?,22-,23-,24+,25?,29+,30?/m1/s1. The lowest BCUT2D eigenvalue weighted by molar-refractivity contribution is -0.149. The molecular formula is C30H37N3O6. The summed E-state index contributed by atoms with van der Waals surface area (Å²) in [5.41, 5.74) is -0.868. The molecule has 9 nitrogen and oxygen atoms in total. The van der Waals surface area contributed by atoms with Gasteiger partial charge in [-0.05, 0) is 55.5 Å². The second-order valence-corrected chi connectivity index (χ2v) is 11.1. The quantitative estimate of drug-likeness (QED) is 0.455. The Morgan fingerprint density at radius 1 is 1.15 bits per heavy atom. The number of rotatable bonds is 9. The van der Waals surface area contributed by atoms with Crippen LogP contribution in [0.25, 0.3) is 0 Å². The van der Waals surface area contributed by atoms with Crippen molar-refractivity contribution in [3.63, 3.8) is 0 Å². The number of hydrogen-bond acceptors (Lipinski definition) is 6. The monoisotopic (exact) mass is 535 g/mol. The molecule has 0 aliphatic carbocycles. The Bertz CT molecular complexity index is 1240. The van der Waals surface area contributed by atoms with Gasteiger partial charge in [-0.2, -0.15) is 0 Å². The minimum Gasteiger partial charge on any atom is -0.497 e. The molecule has 5 rings (SSSR count). The lowest BCUT2D eigenvalue weighted by Gasteiger charge is -2.37. The fraction of sp³-hybridized carbons (Fsp3) is 0.500. The maximum Gasteiger partial charge on any atom is 0.250 e. The van der Waals surface area contributed by atoms with E-state index in [4.69, 9.17) is 9.47 Å². The van der Waals surface area contributed by atoms with Crippen LogP contribution in [0.2, 0.25) is 0 Å². The number of nitrogens with zero attached hydrogens (tertiary/aromatic N) is 1. The summed E-state index contributed by atoms with van der Waals surface area (Å²) >= 11 is 0. The number of aliphatic hydroxyl groups excluding tert-OH is 1. The Morgan fingerprint density at radius 3 is 2.46 bits per heavy atom. The summed E-state index contributed by atoms with van der Waals surface area (Å²) in [5.74, 6) is -2.02. The van der Waals surface area contributed by atoms with E-state index in [1.54, 1.807) is 31.4 Å². The molecule has 1 spiro atoms. The Hall–Kier alpha value is -3.43. The average Bonchev–Trinajstić information content (AvgIpc) is 3.45. The van der Waals surface area contributed by atoms with Gasteiger partial charge in [-0.15, -0.1) is 0 Å². The first kappa shape index (κ1) is 27.1. The molecule has 208 valence electrons. The van der Waals surface area contributed by atoms with Crippen LogP contribution in [0.1, 0.15) is 45.2 Å². The van der Waals surface area contributed by atoms with E-state index in [1.165, 1.54) is 4.90 Å². The number of benzene rings is 2. The third-order valence-corrected chi connectivity index (χ3v) is 8.88. The van der Waals surface area contributed by atoms with Gasteiger partial charge in [0.1, 0.15) is 17.4 Å². The number of carbonyl (C=O) groups is 3. The van der Waals surface area contributed by atoms with Gasteiger partial charge in [-0.25, -0.2) is 0 Å². The minimum atomic E-state index is -1.21. The highest BCUT2D eigenvalue weighted by atomic mass is 16.5. The number of methoxy groups -OCH3 is 1. The fourth-order valence-electron chi connectivity index (χ4n) is 6.98. The van der Waals surface area contributed by atoms with Crippen molar-refractivity contribution >= 4 is 23.4 Å². The topological polar surface area (TPSA) is 117 Å². The van der Waals surface area contributed by atoms with E-state index in [0.717, 1.165) is 6.42 Å². The van der Waals surface area contributed by atoms with E-state index in [9.17, 15) is 19.5 Å². The lowest BCUT2D eigenvalue weighted by atomic mass is 9.62. The van der Waals surface area contributed by atoms with Crippen LogP contribution in [0, 0.1) is 17.8 Å². The van der Waals surface area contributed by atoms with Crippen molar-refractivity contribution in [3.8, 4) is 5.75 Å². The lowest BCUT2D eigenvalue weighted by Crippen LogP contribution is -2.55. The highest BCUT2D eigenvalue weighted by molar-refractivity contribution is 6.04. The number of ether oxygens (including phenoxy) is 2. The molecule has 7 atom stereocenters. The summed E-state index contributed by atoms with van der Waals surface area (Å²) in [6.07, 6.45) is 1.20. The van der Waals surface area contributed by atoms with Crippen LogP contribution in [0.3, 0.4) is 0 Å². The van der Waals surface area contributed by atoms with Gasteiger partial charge in [0.25, 0.3) is 0 Å². The molecule has 3 unspecified atom stereocenters. The summed E-state index contributed by atoms with van der Waals surface area (Å²) in [6, 6.07) is 14.3. The minimum absolute atomic E-state index is 0.0699.